The molecule has 2 aromatic carbocycles. The number of aromatic nitrogens is 2. The molecule has 2 heterocycles. The van der Waals surface area contributed by atoms with E-state index in [2.05, 4.69) is 9.72 Å². The number of carbonyl (C=O) groups is 2. The average molecular weight is 568 g/mol. The molecule has 40 heavy (non-hydrogen) atoms. The number of hydrogen-bond acceptors (Lipinski definition) is 7. The van der Waals surface area contributed by atoms with Crippen molar-refractivity contribution in [2.24, 2.45) is 5.73 Å². The zero-order valence-electron chi connectivity index (χ0n) is 23.0. The Morgan fingerprint density at radius 1 is 1.00 bits per heavy atom. The molecular formula is C29H33N3O7S. The third kappa shape index (κ3) is 7.82. The quantitative estimate of drug-likeness (QED) is 0.294. The van der Waals surface area contributed by atoms with Crippen LogP contribution in [0.4, 0.5) is 4.79 Å². The molecule has 0 aliphatic heterocycles. The van der Waals surface area contributed by atoms with Crippen molar-refractivity contribution in [1.82, 2.24) is 8.96 Å². The fourth-order valence-electron chi connectivity index (χ4n) is 3.77. The molecule has 0 spiro atoms. The maximum Gasteiger partial charge on any atom is 0.405 e. The summed E-state index contributed by atoms with van der Waals surface area (Å²) in [6, 6.07) is 15.5. The Hall–Kier alpha value is -4.38. The van der Waals surface area contributed by atoms with Crippen LogP contribution in [0.3, 0.4) is 0 Å². The first-order valence-electron chi connectivity index (χ1n) is 12.4. The average Bonchev–Trinajstić information content (AvgIpc) is 3.21. The van der Waals surface area contributed by atoms with Crippen molar-refractivity contribution >= 4 is 33.1 Å². The van der Waals surface area contributed by atoms with Gasteiger partial charge in [-0.05, 0) is 82.5 Å². The second-order valence-corrected chi connectivity index (χ2v) is 11.9. The Balaban J connectivity index is 0.000000482. The predicted molar refractivity (Wildman–Crippen MR) is 151 cm³/mol. The lowest BCUT2D eigenvalue weighted by Gasteiger charge is -2.16. The van der Waals surface area contributed by atoms with Gasteiger partial charge in [-0.25, -0.2) is 22.2 Å². The number of nitrogens with two attached hydrogens (primary N) is 1. The molecular weight excluding hydrogens is 534 g/mol. The highest BCUT2D eigenvalue weighted by Gasteiger charge is 2.23. The molecule has 0 radical (unpaired) electrons. The summed E-state index contributed by atoms with van der Waals surface area (Å²) in [5.41, 5.74) is 7.14. The third-order valence-corrected chi connectivity index (χ3v) is 7.23. The number of carbonyl (C=O) groups excluding carboxylic acids is 1. The Kier molecular flexibility index (Phi) is 9.21. The van der Waals surface area contributed by atoms with Crippen molar-refractivity contribution < 1.29 is 32.6 Å². The Labute approximate surface area is 233 Å². The zero-order valence-corrected chi connectivity index (χ0v) is 23.9. The first kappa shape index (κ1) is 30.2. The number of nitrogens with zero attached hydrogens (tertiary/aromatic N) is 2. The van der Waals surface area contributed by atoms with Gasteiger partial charge >= 0.3 is 12.1 Å². The van der Waals surface area contributed by atoms with Crippen molar-refractivity contribution in [3.05, 3.63) is 83.7 Å². The number of carboxylic acids is 1. The van der Waals surface area contributed by atoms with Crippen LogP contribution in [-0.2, 0) is 26.0 Å². The number of primary amides is 1. The number of ether oxygens (including phenoxy) is 2. The van der Waals surface area contributed by atoms with E-state index in [1.807, 2.05) is 26.0 Å². The van der Waals surface area contributed by atoms with Gasteiger partial charge in [0.2, 0.25) is 0 Å². The van der Waals surface area contributed by atoms with Gasteiger partial charge in [0, 0.05) is 18.8 Å². The summed E-state index contributed by atoms with van der Waals surface area (Å²) in [6.45, 7) is 9.00. The molecule has 212 valence electrons. The fraction of sp³-hybridized carbons (Fsp3) is 0.276. The van der Waals surface area contributed by atoms with Crippen molar-refractivity contribution in [2.75, 3.05) is 0 Å². The van der Waals surface area contributed by atoms with Crippen LogP contribution in [0.1, 0.15) is 43.9 Å². The summed E-state index contributed by atoms with van der Waals surface area (Å²) < 4.78 is 38.3. The van der Waals surface area contributed by atoms with Crippen LogP contribution in [0.15, 0.2) is 71.9 Å². The molecule has 0 aliphatic carbocycles. The molecule has 11 heteroatoms. The lowest BCUT2D eigenvalue weighted by Crippen LogP contribution is -2.27. The van der Waals surface area contributed by atoms with Gasteiger partial charge in [0.25, 0.3) is 10.0 Å². The minimum atomic E-state index is -3.82. The summed E-state index contributed by atoms with van der Waals surface area (Å²) in [7, 11) is -3.82. The third-order valence-electron chi connectivity index (χ3n) is 5.57. The van der Waals surface area contributed by atoms with Crippen molar-refractivity contribution in [3.8, 4) is 11.5 Å². The van der Waals surface area contributed by atoms with Gasteiger partial charge in [-0.1, -0.05) is 29.8 Å². The van der Waals surface area contributed by atoms with Crippen LogP contribution < -0.4 is 10.5 Å². The van der Waals surface area contributed by atoms with Gasteiger partial charge in [-0.2, -0.15) is 0 Å². The van der Waals surface area contributed by atoms with E-state index in [-0.39, 0.29) is 11.3 Å². The molecule has 1 amide bonds. The molecule has 3 N–H and O–H groups in total. The smallest absolute Gasteiger partial charge is 0.405 e. The molecule has 0 fully saturated rings. The molecule has 4 rings (SSSR count). The molecule has 0 saturated heterocycles. The lowest BCUT2D eigenvalue weighted by molar-refractivity contribution is -0.136. The monoisotopic (exact) mass is 567 g/mol. The van der Waals surface area contributed by atoms with Crippen LogP contribution in [0, 0.1) is 13.8 Å². The predicted octanol–water partition coefficient (Wildman–Crippen LogP) is 5.58. The molecule has 0 unspecified atom stereocenters. The van der Waals surface area contributed by atoms with Crippen LogP contribution in [0.25, 0.3) is 11.0 Å². The second-order valence-electron chi connectivity index (χ2n) is 10.1. The summed E-state index contributed by atoms with van der Waals surface area (Å²) in [4.78, 5) is 25.3. The van der Waals surface area contributed by atoms with Crippen LogP contribution in [0.5, 0.6) is 11.5 Å². The number of aryl methyl sites for hydroxylation is 3. The fourth-order valence-corrected chi connectivity index (χ4v) is 5.14. The van der Waals surface area contributed by atoms with Gasteiger partial charge in [-0.15, -0.1) is 0 Å². The van der Waals surface area contributed by atoms with E-state index in [0.29, 0.717) is 29.0 Å². The highest BCUT2D eigenvalue weighted by atomic mass is 32.2. The highest BCUT2D eigenvalue weighted by Crippen LogP contribution is 2.34. The summed E-state index contributed by atoms with van der Waals surface area (Å²) in [5.74, 6) is 0.207. The normalized spacial score (nSPS) is 11.4. The number of rotatable bonds is 7. The van der Waals surface area contributed by atoms with E-state index in [1.165, 1.54) is 10.2 Å². The van der Waals surface area contributed by atoms with Gasteiger partial charge in [0.05, 0.1) is 10.3 Å². The zero-order chi connectivity index (χ0) is 29.7. The standard InChI is InChI=1S/C24H22N2O5S.C5H11NO2/c1-16-3-10-20(11-4-16)32(29,30)26-15-17(2)23-21(13-14-25-24(23)26)31-19-8-5-18(6-9-19)7-12-22(27)28;1-5(2,3)8-4(6)7/h3-6,8-11,13-15H,7,12H2,1-2H3,(H,27,28);1-3H3,(H2,6,7). The number of pyridine rings is 1. The number of carboxylic acid groups (broad SMARTS) is 1. The van der Waals surface area contributed by atoms with Crippen molar-refractivity contribution in [1.29, 1.82) is 0 Å². The lowest BCUT2D eigenvalue weighted by atomic mass is 10.1. The van der Waals surface area contributed by atoms with E-state index in [1.54, 1.807) is 69.4 Å². The molecule has 0 saturated carbocycles. The second kappa shape index (κ2) is 12.2. The van der Waals surface area contributed by atoms with E-state index in [9.17, 15) is 18.0 Å². The summed E-state index contributed by atoms with van der Waals surface area (Å²) in [5, 5.41) is 9.43. The molecule has 2 aromatic heterocycles. The van der Waals surface area contributed by atoms with E-state index < -0.39 is 27.7 Å². The molecule has 0 atom stereocenters. The van der Waals surface area contributed by atoms with E-state index >= 15 is 0 Å². The number of benzene rings is 2. The van der Waals surface area contributed by atoms with Crippen LogP contribution >= 0.6 is 0 Å². The minimum absolute atomic E-state index is 0.0628. The first-order valence-corrected chi connectivity index (χ1v) is 13.9. The van der Waals surface area contributed by atoms with Gasteiger partial charge in [-0.3, -0.25) is 4.79 Å². The maximum absolute atomic E-state index is 13.2. The van der Waals surface area contributed by atoms with Gasteiger partial charge in [0.1, 0.15) is 17.1 Å². The Bertz CT molecular complexity index is 1600. The summed E-state index contributed by atoms with van der Waals surface area (Å²) >= 11 is 0. The van der Waals surface area contributed by atoms with Gasteiger partial charge < -0.3 is 20.3 Å². The number of hydrogen-bond donors (Lipinski definition) is 2. The molecule has 0 aliphatic rings. The van der Waals surface area contributed by atoms with E-state index in [0.717, 1.165) is 16.7 Å². The topological polar surface area (TPSA) is 151 Å². The molecule has 10 nitrogen and oxygen atoms in total. The Morgan fingerprint density at radius 2 is 1.62 bits per heavy atom. The number of amides is 1. The van der Waals surface area contributed by atoms with E-state index in [4.69, 9.17) is 15.6 Å². The number of fused-ring (bicyclic) bond motifs is 1. The first-order chi connectivity index (χ1) is 18.7. The maximum atomic E-state index is 13.2. The largest absolute Gasteiger partial charge is 0.481 e. The van der Waals surface area contributed by atoms with Gasteiger partial charge in [0.15, 0.2) is 5.65 Å². The number of aliphatic carboxylic acids is 1. The highest BCUT2D eigenvalue weighted by molar-refractivity contribution is 7.90. The Morgan fingerprint density at radius 3 is 2.15 bits per heavy atom. The molecule has 0 bridgehead atoms. The molecule has 4 aromatic rings. The van der Waals surface area contributed by atoms with Crippen LogP contribution in [-0.4, -0.2) is 40.1 Å². The summed E-state index contributed by atoms with van der Waals surface area (Å²) in [6.07, 6.45) is 2.84. The minimum Gasteiger partial charge on any atom is -0.481 e. The SMILES string of the molecule is CC(C)(C)OC(N)=O.Cc1ccc(S(=O)(=O)n2cc(C)c3c(Oc4ccc(CCC(=O)O)cc4)ccnc32)cc1. The van der Waals surface area contributed by atoms with Crippen LogP contribution in [0.2, 0.25) is 0 Å². The van der Waals surface area contributed by atoms with Crippen molar-refractivity contribution in [3.63, 3.8) is 0 Å². The van der Waals surface area contributed by atoms with Crippen molar-refractivity contribution in [2.45, 2.75) is 58.0 Å².